The van der Waals surface area contributed by atoms with E-state index in [0.29, 0.717) is 26.3 Å². The summed E-state index contributed by atoms with van der Waals surface area (Å²) < 4.78 is 5.21. The van der Waals surface area contributed by atoms with Gasteiger partial charge < -0.3 is 15.0 Å². The zero-order chi connectivity index (χ0) is 15.1. The third-order valence-electron chi connectivity index (χ3n) is 3.24. The topological polar surface area (TPSA) is 61.9 Å². The molecule has 1 aliphatic heterocycles. The lowest BCUT2D eigenvalue weighted by atomic mass is 10.3. The van der Waals surface area contributed by atoms with Gasteiger partial charge in [0, 0.05) is 18.8 Å². The molecule has 2 rings (SSSR count). The molecule has 0 atom stereocenters. The van der Waals surface area contributed by atoms with E-state index >= 15 is 0 Å². The first-order valence-electron chi connectivity index (χ1n) is 7.04. The molecule has 0 unspecified atom stereocenters. The van der Waals surface area contributed by atoms with Gasteiger partial charge in [-0.2, -0.15) is 0 Å². The summed E-state index contributed by atoms with van der Waals surface area (Å²) in [6.45, 7) is 2.85. The van der Waals surface area contributed by atoms with Gasteiger partial charge in [-0.3, -0.25) is 14.5 Å². The maximum absolute atomic E-state index is 12.0. The predicted octanol–water partition coefficient (Wildman–Crippen LogP) is 0.416. The summed E-state index contributed by atoms with van der Waals surface area (Å²) >= 11 is 0. The minimum absolute atomic E-state index is 0.0355. The van der Waals surface area contributed by atoms with E-state index in [4.69, 9.17) is 4.74 Å². The number of rotatable bonds is 5. The van der Waals surface area contributed by atoms with E-state index < -0.39 is 0 Å². The molecular weight excluding hydrogens is 270 g/mol. The number of para-hydroxylation sites is 1. The van der Waals surface area contributed by atoms with E-state index in [-0.39, 0.29) is 24.9 Å². The average Bonchev–Trinajstić information content (AvgIpc) is 2.48. The van der Waals surface area contributed by atoms with Crippen molar-refractivity contribution in [2.45, 2.75) is 0 Å². The lowest BCUT2D eigenvalue weighted by molar-refractivity contribution is -0.136. The Balaban J connectivity index is 1.74. The van der Waals surface area contributed by atoms with Crippen LogP contribution in [0.2, 0.25) is 0 Å². The molecule has 21 heavy (non-hydrogen) atoms. The Morgan fingerprint density at radius 3 is 2.52 bits per heavy atom. The molecule has 1 aromatic rings. The molecule has 0 spiro atoms. The Morgan fingerprint density at radius 1 is 1.19 bits per heavy atom. The summed E-state index contributed by atoms with van der Waals surface area (Å²) in [6.07, 6.45) is 0. The van der Waals surface area contributed by atoms with Gasteiger partial charge in [0.1, 0.15) is 0 Å². The number of hydrogen-bond acceptors (Lipinski definition) is 4. The molecule has 0 aromatic heterocycles. The van der Waals surface area contributed by atoms with Gasteiger partial charge in [-0.15, -0.1) is 0 Å². The average molecular weight is 291 g/mol. The number of nitrogens with zero attached hydrogens (tertiary/aromatic N) is 2. The molecule has 1 saturated heterocycles. The second-order valence-corrected chi connectivity index (χ2v) is 5.08. The fourth-order valence-corrected chi connectivity index (χ4v) is 2.17. The molecule has 1 N–H and O–H groups in total. The van der Waals surface area contributed by atoms with E-state index in [0.717, 1.165) is 5.69 Å². The lowest BCUT2D eigenvalue weighted by Crippen LogP contribution is -2.46. The SMILES string of the molecule is CN(CC(=O)Nc1ccccc1)CC(=O)N1CCOCC1. The van der Waals surface area contributed by atoms with Crippen LogP contribution in [0.25, 0.3) is 0 Å². The number of carbonyl (C=O) groups excluding carboxylic acids is 2. The van der Waals surface area contributed by atoms with Crippen molar-refractivity contribution in [2.75, 3.05) is 51.8 Å². The van der Waals surface area contributed by atoms with Gasteiger partial charge in [0.05, 0.1) is 26.3 Å². The van der Waals surface area contributed by atoms with Crippen LogP contribution in [-0.4, -0.2) is 68.1 Å². The third-order valence-corrected chi connectivity index (χ3v) is 3.24. The van der Waals surface area contributed by atoms with Crippen LogP contribution in [0.4, 0.5) is 5.69 Å². The summed E-state index contributed by atoms with van der Waals surface area (Å²) in [7, 11) is 1.77. The number of hydrogen-bond donors (Lipinski definition) is 1. The number of benzene rings is 1. The van der Waals surface area contributed by atoms with Crippen molar-refractivity contribution < 1.29 is 14.3 Å². The Morgan fingerprint density at radius 2 is 1.86 bits per heavy atom. The van der Waals surface area contributed by atoms with E-state index in [1.54, 1.807) is 16.8 Å². The van der Waals surface area contributed by atoms with Crippen molar-refractivity contribution >= 4 is 17.5 Å². The fraction of sp³-hybridized carbons (Fsp3) is 0.467. The number of carbonyl (C=O) groups is 2. The Kier molecular flexibility index (Phi) is 5.71. The summed E-state index contributed by atoms with van der Waals surface area (Å²) in [5.74, 6) is -0.0909. The van der Waals surface area contributed by atoms with Crippen LogP contribution >= 0.6 is 0 Å². The first kappa shape index (κ1) is 15.5. The summed E-state index contributed by atoms with van der Waals surface area (Å²) in [5.41, 5.74) is 0.760. The number of ether oxygens (including phenoxy) is 1. The Labute approximate surface area is 124 Å². The molecule has 0 radical (unpaired) electrons. The van der Waals surface area contributed by atoms with Crippen molar-refractivity contribution in [3.63, 3.8) is 0 Å². The molecule has 0 bridgehead atoms. The van der Waals surface area contributed by atoms with Gasteiger partial charge in [0.15, 0.2) is 0 Å². The summed E-state index contributed by atoms with van der Waals surface area (Å²) in [5, 5.41) is 2.80. The highest BCUT2D eigenvalue weighted by Crippen LogP contribution is 2.05. The van der Waals surface area contributed by atoms with Crippen molar-refractivity contribution in [3.8, 4) is 0 Å². The third kappa shape index (κ3) is 5.17. The van der Waals surface area contributed by atoms with Gasteiger partial charge >= 0.3 is 0 Å². The molecule has 2 amide bonds. The van der Waals surface area contributed by atoms with Gasteiger partial charge in [0.25, 0.3) is 0 Å². The van der Waals surface area contributed by atoms with Crippen molar-refractivity contribution in [2.24, 2.45) is 0 Å². The van der Waals surface area contributed by atoms with Gasteiger partial charge in [0.2, 0.25) is 11.8 Å². The molecular formula is C15H21N3O3. The molecule has 6 heteroatoms. The monoisotopic (exact) mass is 291 g/mol. The van der Waals surface area contributed by atoms with Crippen LogP contribution in [0.3, 0.4) is 0 Å². The first-order valence-corrected chi connectivity index (χ1v) is 7.04. The number of amides is 2. The van der Waals surface area contributed by atoms with Crippen LogP contribution in [-0.2, 0) is 14.3 Å². The largest absolute Gasteiger partial charge is 0.378 e. The molecule has 1 fully saturated rings. The Hall–Kier alpha value is -1.92. The highest BCUT2D eigenvalue weighted by molar-refractivity contribution is 5.92. The quantitative estimate of drug-likeness (QED) is 0.854. The standard InChI is InChI=1S/C15H21N3O3/c1-17(12-15(20)18-7-9-21-10-8-18)11-14(19)16-13-5-3-2-4-6-13/h2-6H,7-12H2,1H3,(H,16,19). The van der Waals surface area contributed by atoms with Crippen molar-refractivity contribution in [1.29, 1.82) is 0 Å². The number of nitrogens with one attached hydrogen (secondary N) is 1. The fourth-order valence-electron chi connectivity index (χ4n) is 2.17. The molecule has 114 valence electrons. The second kappa shape index (κ2) is 7.75. The summed E-state index contributed by atoms with van der Waals surface area (Å²) in [6, 6.07) is 9.28. The van der Waals surface area contributed by atoms with Crippen LogP contribution in [0.15, 0.2) is 30.3 Å². The smallest absolute Gasteiger partial charge is 0.238 e. The molecule has 1 aromatic carbocycles. The number of morpholine rings is 1. The normalized spacial score (nSPS) is 15.0. The van der Waals surface area contributed by atoms with E-state index in [1.165, 1.54) is 0 Å². The number of likely N-dealkylation sites (N-methyl/N-ethyl adjacent to an activating group) is 1. The highest BCUT2D eigenvalue weighted by Gasteiger charge is 2.19. The summed E-state index contributed by atoms with van der Waals surface area (Å²) in [4.78, 5) is 27.4. The van der Waals surface area contributed by atoms with E-state index in [2.05, 4.69) is 5.32 Å². The first-order chi connectivity index (χ1) is 10.1. The second-order valence-electron chi connectivity index (χ2n) is 5.08. The van der Waals surface area contributed by atoms with Crippen LogP contribution in [0, 0.1) is 0 Å². The van der Waals surface area contributed by atoms with E-state index in [9.17, 15) is 9.59 Å². The van der Waals surface area contributed by atoms with Crippen LogP contribution in [0.1, 0.15) is 0 Å². The van der Waals surface area contributed by atoms with Gasteiger partial charge in [-0.25, -0.2) is 0 Å². The highest BCUT2D eigenvalue weighted by atomic mass is 16.5. The lowest BCUT2D eigenvalue weighted by Gasteiger charge is -2.28. The van der Waals surface area contributed by atoms with Crippen molar-refractivity contribution in [3.05, 3.63) is 30.3 Å². The molecule has 0 saturated carbocycles. The van der Waals surface area contributed by atoms with E-state index in [1.807, 2.05) is 30.3 Å². The maximum Gasteiger partial charge on any atom is 0.238 e. The molecule has 0 aliphatic carbocycles. The molecule has 1 aliphatic rings. The zero-order valence-electron chi connectivity index (χ0n) is 12.2. The van der Waals surface area contributed by atoms with Crippen LogP contribution < -0.4 is 5.32 Å². The van der Waals surface area contributed by atoms with Crippen LogP contribution in [0.5, 0.6) is 0 Å². The molecule has 6 nitrogen and oxygen atoms in total. The Bertz CT molecular complexity index is 472. The maximum atomic E-state index is 12.0. The zero-order valence-corrected chi connectivity index (χ0v) is 12.2. The number of anilines is 1. The van der Waals surface area contributed by atoms with Gasteiger partial charge in [-0.05, 0) is 19.2 Å². The predicted molar refractivity (Wildman–Crippen MR) is 80.0 cm³/mol. The molecule has 1 heterocycles. The minimum Gasteiger partial charge on any atom is -0.378 e. The van der Waals surface area contributed by atoms with Crippen molar-refractivity contribution in [1.82, 2.24) is 9.80 Å². The minimum atomic E-state index is -0.126. The van der Waals surface area contributed by atoms with Gasteiger partial charge in [-0.1, -0.05) is 18.2 Å².